The lowest BCUT2D eigenvalue weighted by molar-refractivity contribution is -0.183. The first kappa shape index (κ1) is 21.1. The molecule has 0 aromatic heterocycles. The van der Waals surface area contributed by atoms with Crippen LogP contribution >= 0.6 is 0 Å². The maximum absolute atomic E-state index is 12.3. The van der Waals surface area contributed by atoms with Crippen LogP contribution in [0.15, 0.2) is 11.6 Å². The van der Waals surface area contributed by atoms with Crippen molar-refractivity contribution in [2.24, 2.45) is 40.4 Å². The summed E-state index contributed by atoms with van der Waals surface area (Å²) in [6, 6.07) is 0. The molecule has 0 heterocycles. The smallest absolute Gasteiger partial charge is 0.306 e. The average Bonchev–Trinajstić information content (AvgIpc) is 2.93. The van der Waals surface area contributed by atoms with Crippen molar-refractivity contribution in [2.45, 2.75) is 85.2 Å². The Morgan fingerprint density at radius 2 is 1.90 bits per heavy atom. The second-order valence-corrected chi connectivity index (χ2v) is 10.9. The predicted molar refractivity (Wildman–Crippen MR) is 112 cm³/mol. The molecule has 162 valence electrons. The summed E-state index contributed by atoms with van der Waals surface area (Å²) in [5.74, 6) is 2.08. The van der Waals surface area contributed by atoms with Crippen LogP contribution in [0, 0.1) is 40.4 Å². The van der Waals surface area contributed by atoms with Gasteiger partial charge in [-0.05, 0) is 74.7 Å². The summed E-state index contributed by atoms with van der Waals surface area (Å²) in [4.78, 5) is 24.5. The van der Waals surface area contributed by atoms with Crippen molar-refractivity contribution >= 4 is 11.8 Å². The third kappa shape index (κ3) is 2.73. The normalized spacial score (nSPS) is 49.0. The molecule has 8 atom stereocenters. The first-order chi connectivity index (χ1) is 13.6. The fraction of sp³-hybridized carbons (Fsp3) is 0.840. The lowest BCUT2D eigenvalue weighted by Crippen LogP contribution is -2.59. The molecular formula is C25H38O4. The summed E-state index contributed by atoms with van der Waals surface area (Å²) in [5, 5.41) is 10.7. The largest absolute Gasteiger partial charge is 0.459 e. The van der Waals surface area contributed by atoms with Gasteiger partial charge in [-0.15, -0.1) is 0 Å². The Balaban J connectivity index is 1.72. The van der Waals surface area contributed by atoms with Crippen LogP contribution in [-0.4, -0.2) is 29.1 Å². The number of esters is 1. The molecule has 4 heteroatoms. The third-order valence-corrected chi connectivity index (χ3v) is 9.92. The molecule has 0 radical (unpaired) electrons. The Bertz CT molecular complexity index is 741. The van der Waals surface area contributed by atoms with Gasteiger partial charge in [0.05, 0.1) is 6.61 Å². The van der Waals surface area contributed by atoms with Gasteiger partial charge in [-0.1, -0.05) is 33.3 Å². The van der Waals surface area contributed by atoms with E-state index in [1.807, 2.05) is 13.0 Å². The van der Waals surface area contributed by atoms with E-state index in [2.05, 4.69) is 27.7 Å². The maximum Gasteiger partial charge on any atom is 0.306 e. The third-order valence-electron chi connectivity index (χ3n) is 9.92. The fourth-order valence-electron chi connectivity index (χ4n) is 8.19. The zero-order chi connectivity index (χ0) is 21.2. The molecule has 0 amide bonds. The van der Waals surface area contributed by atoms with E-state index in [9.17, 15) is 14.7 Å². The van der Waals surface area contributed by atoms with Crippen molar-refractivity contribution in [3.05, 3.63) is 11.6 Å². The van der Waals surface area contributed by atoms with Crippen LogP contribution in [0.5, 0.6) is 0 Å². The molecular weight excluding hydrogens is 364 g/mol. The Morgan fingerprint density at radius 1 is 1.21 bits per heavy atom. The van der Waals surface area contributed by atoms with Crippen LogP contribution in [0.1, 0.15) is 79.6 Å². The number of fused-ring (bicyclic) bond motifs is 5. The van der Waals surface area contributed by atoms with Gasteiger partial charge < -0.3 is 9.84 Å². The SMILES string of the molecule is CCC(=O)OC1(C)CC[C@H]2[C@@H]3CC(C)C4=CC(=O)CC(C)[C@]4(CO)[C@@H]3CC[C@@]21C. The van der Waals surface area contributed by atoms with Crippen LogP contribution in [0.4, 0.5) is 0 Å². The Hall–Kier alpha value is -1.16. The quantitative estimate of drug-likeness (QED) is 0.695. The van der Waals surface area contributed by atoms with Crippen molar-refractivity contribution in [3.8, 4) is 0 Å². The number of aliphatic hydroxyl groups excluding tert-OH is 1. The van der Waals surface area contributed by atoms with E-state index in [-0.39, 0.29) is 35.1 Å². The van der Waals surface area contributed by atoms with Crippen LogP contribution in [0.25, 0.3) is 0 Å². The highest BCUT2D eigenvalue weighted by Gasteiger charge is 2.66. The molecule has 0 bridgehead atoms. The van der Waals surface area contributed by atoms with Crippen molar-refractivity contribution in [2.75, 3.05) is 6.61 Å². The van der Waals surface area contributed by atoms with Crippen molar-refractivity contribution in [1.82, 2.24) is 0 Å². The van der Waals surface area contributed by atoms with Gasteiger partial charge in [0, 0.05) is 23.7 Å². The van der Waals surface area contributed by atoms with E-state index in [1.54, 1.807) is 0 Å². The molecule has 1 N–H and O–H groups in total. The molecule has 4 aliphatic rings. The molecule has 0 aliphatic heterocycles. The molecule has 4 rings (SSSR count). The predicted octanol–water partition coefficient (Wildman–Crippen LogP) is 4.69. The number of hydrogen-bond acceptors (Lipinski definition) is 4. The molecule has 0 aromatic carbocycles. The van der Waals surface area contributed by atoms with Crippen molar-refractivity contribution in [1.29, 1.82) is 0 Å². The highest BCUT2D eigenvalue weighted by Crippen LogP contribution is 2.69. The van der Waals surface area contributed by atoms with Crippen LogP contribution in [-0.2, 0) is 14.3 Å². The molecule has 4 aliphatic carbocycles. The lowest BCUT2D eigenvalue weighted by Gasteiger charge is -2.62. The van der Waals surface area contributed by atoms with Gasteiger partial charge in [-0.25, -0.2) is 0 Å². The zero-order valence-electron chi connectivity index (χ0n) is 18.8. The molecule has 4 nitrogen and oxygen atoms in total. The van der Waals surface area contributed by atoms with Crippen LogP contribution in [0.3, 0.4) is 0 Å². The summed E-state index contributed by atoms with van der Waals surface area (Å²) in [5.41, 5.74) is 0.558. The fourth-order valence-corrected chi connectivity index (χ4v) is 8.19. The second-order valence-electron chi connectivity index (χ2n) is 10.9. The Kier molecular flexibility index (Phi) is 5.04. The summed E-state index contributed by atoms with van der Waals surface area (Å²) in [6.07, 6.45) is 8.02. The van der Waals surface area contributed by atoms with E-state index in [0.29, 0.717) is 36.5 Å². The highest BCUT2D eigenvalue weighted by atomic mass is 16.6. The van der Waals surface area contributed by atoms with E-state index >= 15 is 0 Å². The van der Waals surface area contributed by atoms with Crippen LogP contribution < -0.4 is 0 Å². The van der Waals surface area contributed by atoms with Gasteiger partial charge in [0.15, 0.2) is 5.78 Å². The second kappa shape index (κ2) is 6.93. The van der Waals surface area contributed by atoms with E-state index in [4.69, 9.17) is 4.74 Å². The van der Waals surface area contributed by atoms with E-state index in [0.717, 1.165) is 32.1 Å². The molecule has 3 unspecified atom stereocenters. The molecule has 3 saturated carbocycles. The molecule has 0 saturated heterocycles. The van der Waals surface area contributed by atoms with Gasteiger partial charge in [0.25, 0.3) is 0 Å². The minimum absolute atomic E-state index is 0.00962. The molecule has 0 spiro atoms. The zero-order valence-corrected chi connectivity index (χ0v) is 18.8. The lowest BCUT2D eigenvalue weighted by atomic mass is 9.43. The monoisotopic (exact) mass is 402 g/mol. The Labute approximate surface area is 175 Å². The van der Waals surface area contributed by atoms with Gasteiger partial charge in [-0.2, -0.15) is 0 Å². The highest BCUT2D eigenvalue weighted by molar-refractivity contribution is 5.92. The van der Waals surface area contributed by atoms with Crippen molar-refractivity contribution < 1.29 is 19.4 Å². The van der Waals surface area contributed by atoms with Gasteiger partial charge >= 0.3 is 5.97 Å². The molecule has 0 aromatic rings. The number of carbonyl (C=O) groups is 2. The standard InChI is InChI=1S/C25H38O4/c1-6-22(28)29-24(5)10-8-19-18-11-15(2)21-13-17(27)12-16(3)25(21,14-26)20(18)7-9-23(19,24)4/h13,15-16,18-20,26H,6-12,14H2,1-5H3/t15?,16?,18-,19-,20+,23-,24?,25+/m0/s1. The molecule has 29 heavy (non-hydrogen) atoms. The number of hydrogen-bond donors (Lipinski definition) is 1. The number of aliphatic hydroxyl groups is 1. The number of rotatable bonds is 3. The van der Waals surface area contributed by atoms with Gasteiger partial charge in [-0.3, -0.25) is 9.59 Å². The van der Waals surface area contributed by atoms with Gasteiger partial charge in [0.1, 0.15) is 5.60 Å². The Morgan fingerprint density at radius 3 is 2.55 bits per heavy atom. The van der Waals surface area contributed by atoms with Crippen molar-refractivity contribution in [3.63, 3.8) is 0 Å². The average molecular weight is 403 g/mol. The van der Waals surface area contributed by atoms with E-state index in [1.165, 1.54) is 5.57 Å². The van der Waals surface area contributed by atoms with Gasteiger partial charge in [0.2, 0.25) is 0 Å². The summed E-state index contributed by atoms with van der Waals surface area (Å²) < 4.78 is 6.08. The minimum atomic E-state index is -0.393. The number of carbonyl (C=O) groups excluding carboxylic acids is 2. The summed E-state index contributed by atoms with van der Waals surface area (Å²) in [6.45, 7) is 10.9. The number of ether oxygens (including phenoxy) is 1. The summed E-state index contributed by atoms with van der Waals surface area (Å²) >= 11 is 0. The van der Waals surface area contributed by atoms with E-state index < -0.39 is 5.60 Å². The number of ketones is 1. The first-order valence-corrected chi connectivity index (χ1v) is 11.7. The maximum atomic E-state index is 12.3. The first-order valence-electron chi connectivity index (χ1n) is 11.7. The topological polar surface area (TPSA) is 63.6 Å². The molecule has 3 fully saturated rings. The van der Waals surface area contributed by atoms with Crippen LogP contribution in [0.2, 0.25) is 0 Å². The summed E-state index contributed by atoms with van der Waals surface area (Å²) in [7, 11) is 0. The minimum Gasteiger partial charge on any atom is -0.459 e.